The van der Waals surface area contributed by atoms with E-state index in [4.69, 9.17) is 11.5 Å². The first kappa shape index (κ1) is 26.9. The van der Waals surface area contributed by atoms with E-state index in [1.807, 2.05) is 9.80 Å². The molecule has 36 heavy (non-hydrogen) atoms. The van der Waals surface area contributed by atoms with Crippen LogP contribution >= 0.6 is 0 Å². The number of nitrogens with one attached hydrogen (secondary N) is 2. The number of rotatable bonds is 4. The first-order valence-electron chi connectivity index (χ1n) is 12.0. The number of oxime groups is 2. The number of amidine groups is 2. The second kappa shape index (κ2) is 11.4. The number of piperazine rings is 3. The number of carbonyl (C=O) groups is 2. The standard InChI is InChI=1S/C20H36N12O4/c1-15(23-25-19(21)33)17(27-35)29-3-7-31(8-4-29)11-13-32(14-12-31)9-5-30(6-10-32)18(28-36)16(2)24-26-20(22)34/h3-14H2,1-2H3,(H6-2,21,22,23,24,25,26,27,28,33,34,35,36)/p+2. The number of amides is 4. The van der Waals surface area contributed by atoms with Crippen LogP contribution in [0.4, 0.5) is 9.59 Å². The summed E-state index contributed by atoms with van der Waals surface area (Å²) in [6.07, 6.45) is 0. The molecule has 3 rings (SSSR count). The lowest BCUT2D eigenvalue weighted by atomic mass is 10.1. The second-order valence-corrected chi connectivity index (χ2v) is 9.64. The molecule has 3 heterocycles. The molecule has 3 aliphatic rings. The first-order valence-corrected chi connectivity index (χ1v) is 12.0. The number of hydrogen-bond donors (Lipinski definition) is 6. The zero-order valence-electron chi connectivity index (χ0n) is 20.9. The normalized spacial score (nSPS) is 23.1. The van der Waals surface area contributed by atoms with Gasteiger partial charge in [0.2, 0.25) is 0 Å². The number of nitrogens with two attached hydrogens (primary N) is 2. The zero-order valence-corrected chi connectivity index (χ0v) is 20.9. The minimum Gasteiger partial charge on any atom is -0.409 e. The van der Waals surface area contributed by atoms with Gasteiger partial charge in [0.15, 0.2) is 11.7 Å². The Bertz CT molecular complexity index is 858. The third-order valence-corrected chi connectivity index (χ3v) is 7.58. The van der Waals surface area contributed by atoms with Gasteiger partial charge in [-0.15, -0.1) is 0 Å². The van der Waals surface area contributed by atoms with Crippen LogP contribution in [0.3, 0.4) is 0 Å². The maximum atomic E-state index is 10.9. The first-order chi connectivity index (χ1) is 17.1. The van der Waals surface area contributed by atoms with Crippen molar-refractivity contribution in [1.82, 2.24) is 20.7 Å². The van der Waals surface area contributed by atoms with Gasteiger partial charge in [0.25, 0.3) is 0 Å². The quantitative estimate of drug-likeness (QED) is 0.0822. The molecular weight excluding hydrogens is 472 g/mol. The highest BCUT2D eigenvalue weighted by atomic mass is 16.4. The Morgan fingerprint density at radius 3 is 1.22 bits per heavy atom. The van der Waals surface area contributed by atoms with E-state index in [0.29, 0.717) is 23.1 Å². The summed E-state index contributed by atoms with van der Waals surface area (Å²) in [7, 11) is 0. The third kappa shape index (κ3) is 6.31. The van der Waals surface area contributed by atoms with E-state index in [-0.39, 0.29) is 0 Å². The number of primary amides is 2. The number of quaternary nitrogens is 2. The number of urea groups is 2. The van der Waals surface area contributed by atoms with Crippen molar-refractivity contribution in [2.45, 2.75) is 13.8 Å². The third-order valence-electron chi connectivity index (χ3n) is 7.58. The Morgan fingerprint density at radius 1 is 0.667 bits per heavy atom. The second-order valence-electron chi connectivity index (χ2n) is 9.64. The smallest absolute Gasteiger partial charge is 0.332 e. The van der Waals surface area contributed by atoms with Crippen LogP contribution in [0.25, 0.3) is 0 Å². The Hall–Kier alpha value is -3.66. The maximum absolute atomic E-state index is 10.9. The molecule has 16 heteroatoms. The number of hydrogen-bond acceptors (Lipinski definition) is 8. The van der Waals surface area contributed by atoms with Crippen molar-refractivity contribution in [3.8, 4) is 0 Å². The fraction of sp³-hybridized carbons (Fsp3) is 0.700. The Kier molecular flexibility index (Phi) is 8.52. The van der Waals surface area contributed by atoms with Gasteiger partial charge >= 0.3 is 12.1 Å². The van der Waals surface area contributed by atoms with Gasteiger partial charge in [-0.25, -0.2) is 20.4 Å². The molecular formula is C20H38N12O4+2. The fourth-order valence-corrected chi connectivity index (χ4v) is 5.28. The van der Waals surface area contributed by atoms with Gasteiger partial charge in [-0.1, -0.05) is 10.3 Å². The van der Waals surface area contributed by atoms with E-state index < -0.39 is 12.1 Å². The summed E-state index contributed by atoms with van der Waals surface area (Å²) in [6.45, 7) is 14.2. The highest BCUT2D eigenvalue weighted by molar-refractivity contribution is 6.40. The molecule has 2 spiro atoms. The van der Waals surface area contributed by atoms with Gasteiger partial charge in [-0.3, -0.25) is 0 Å². The van der Waals surface area contributed by atoms with Gasteiger partial charge in [-0.05, 0) is 13.8 Å². The molecule has 8 N–H and O–H groups in total. The van der Waals surface area contributed by atoms with E-state index in [2.05, 4.69) is 31.4 Å². The molecule has 0 atom stereocenters. The molecule has 0 aromatic heterocycles. The van der Waals surface area contributed by atoms with Crippen molar-refractivity contribution >= 4 is 35.2 Å². The van der Waals surface area contributed by atoms with Crippen LogP contribution in [0.15, 0.2) is 20.5 Å². The lowest BCUT2D eigenvalue weighted by Crippen LogP contribution is -2.73. The minimum absolute atomic E-state index is 0.337. The van der Waals surface area contributed by atoms with Crippen molar-refractivity contribution in [3.05, 3.63) is 0 Å². The van der Waals surface area contributed by atoms with E-state index in [9.17, 15) is 20.0 Å². The molecule has 4 amide bonds. The minimum atomic E-state index is -0.774. The Morgan fingerprint density at radius 2 is 0.972 bits per heavy atom. The van der Waals surface area contributed by atoms with E-state index in [1.54, 1.807) is 13.8 Å². The zero-order chi connectivity index (χ0) is 26.3. The highest BCUT2D eigenvalue weighted by Gasteiger charge is 2.46. The monoisotopic (exact) mass is 510 g/mol. The Balaban J connectivity index is 1.52. The lowest BCUT2D eigenvalue weighted by molar-refractivity contribution is -1.03. The molecule has 0 aliphatic carbocycles. The molecule has 0 aromatic rings. The van der Waals surface area contributed by atoms with Crippen molar-refractivity contribution in [2.75, 3.05) is 78.5 Å². The molecule has 0 bridgehead atoms. The van der Waals surface area contributed by atoms with Crippen LogP contribution in [0, 0.1) is 0 Å². The molecule has 0 unspecified atom stereocenters. The number of hydrazone groups is 2. The average Bonchev–Trinajstić information content (AvgIpc) is 2.87. The van der Waals surface area contributed by atoms with Gasteiger partial charge in [0, 0.05) is 0 Å². The van der Waals surface area contributed by atoms with Crippen LogP contribution < -0.4 is 22.3 Å². The molecule has 3 fully saturated rings. The number of nitrogens with zero attached hydrogens (tertiary/aromatic N) is 8. The maximum Gasteiger partial charge on any atom is 0.332 e. The SMILES string of the molecule is CC(=N\NC(N)=O)/C(=N\O)N1CC[N+]2(CC1)CC[N+]1(CCN(C(=N/O)/C(C)=N/NC(N)=O)CC1)CC2. The van der Waals surface area contributed by atoms with Crippen molar-refractivity contribution in [1.29, 1.82) is 0 Å². The highest BCUT2D eigenvalue weighted by Crippen LogP contribution is 2.24. The molecule has 3 saturated heterocycles. The van der Waals surface area contributed by atoms with Crippen molar-refractivity contribution in [3.63, 3.8) is 0 Å². The summed E-state index contributed by atoms with van der Waals surface area (Å²) in [5, 5.41) is 33.5. The summed E-state index contributed by atoms with van der Waals surface area (Å²) < 4.78 is 2.06. The van der Waals surface area contributed by atoms with Crippen molar-refractivity contribution in [2.24, 2.45) is 32.0 Å². The van der Waals surface area contributed by atoms with E-state index >= 15 is 0 Å². The van der Waals surface area contributed by atoms with Crippen LogP contribution in [0.5, 0.6) is 0 Å². The molecule has 3 aliphatic heterocycles. The average molecular weight is 511 g/mol. The molecule has 16 nitrogen and oxygen atoms in total. The molecule has 200 valence electrons. The lowest BCUT2D eigenvalue weighted by Gasteiger charge is -2.54. The molecule has 0 saturated carbocycles. The van der Waals surface area contributed by atoms with Gasteiger partial charge in [0.05, 0.1) is 52.4 Å². The Labute approximate surface area is 209 Å². The summed E-state index contributed by atoms with van der Waals surface area (Å²) in [6, 6.07) is -1.55. The van der Waals surface area contributed by atoms with Gasteiger partial charge in [0.1, 0.15) is 37.6 Å². The fourth-order valence-electron chi connectivity index (χ4n) is 5.28. The van der Waals surface area contributed by atoms with Crippen molar-refractivity contribution < 1.29 is 29.0 Å². The number of carbonyl (C=O) groups excluding carboxylic acids is 2. The summed E-state index contributed by atoms with van der Waals surface area (Å²) in [5.74, 6) is 0.675. The van der Waals surface area contributed by atoms with Crippen LogP contribution in [-0.4, -0.2) is 143 Å². The van der Waals surface area contributed by atoms with Crippen LogP contribution in [0.2, 0.25) is 0 Å². The van der Waals surface area contributed by atoms with Crippen LogP contribution in [0.1, 0.15) is 13.8 Å². The summed E-state index contributed by atoms with van der Waals surface area (Å²) in [5.41, 5.74) is 15.2. The van der Waals surface area contributed by atoms with E-state index in [1.165, 1.54) is 0 Å². The summed E-state index contributed by atoms with van der Waals surface area (Å²) in [4.78, 5) is 25.8. The molecule has 0 aromatic carbocycles. The van der Waals surface area contributed by atoms with E-state index in [0.717, 1.165) is 87.5 Å². The van der Waals surface area contributed by atoms with Gasteiger partial charge in [-0.2, -0.15) is 10.2 Å². The molecule has 0 radical (unpaired) electrons. The summed E-state index contributed by atoms with van der Waals surface area (Å²) >= 11 is 0. The predicted octanol–water partition coefficient (Wildman–Crippen LogP) is -2.07. The van der Waals surface area contributed by atoms with Gasteiger partial charge < -0.3 is 40.6 Å². The largest absolute Gasteiger partial charge is 0.409 e. The van der Waals surface area contributed by atoms with Crippen LogP contribution in [-0.2, 0) is 0 Å². The predicted molar refractivity (Wildman–Crippen MR) is 133 cm³/mol. The topological polar surface area (TPSA) is 207 Å².